The number of aryl methyl sites for hydroxylation is 1. The molecule has 4 N–H and O–H groups in total. The maximum Gasteiger partial charge on any atom is 1.00 e. The van der Waals surface area contributed by atoms with Crippen molar-refractivity contribution in [3.05, 3.63) is 107 Å². The standard InChI is InChI=1S/C34H27N9O9S2.2Na/c1-18-12-30(42-41-29-16-31(43(44)45)25(36)15-24(29)35)32(52-2)17-28(18)40-39-27-11-10-26(20-6-3-4-7-21(20)27)38-37-19-13-23-22(34(14-19)54(49,50)51)8-5-9-33(23)53(46,47)48;;/h3-17H,35-36H2,1-2H3,(H,46,47,48)(H,49,50,51);;/q;2*+1/p-2. The molecule has 0 aliphatic rings. The number of azo groups is 3. The third-order valence-electron chi connectivity index (χ3n) is 7.99. The van der Waals surface area contributed by atoms with Gasteiger partial charge in [0.05, 0.1) is 50.3 Å². The summed E-state index contributed by atoms with van der Waals surface area (Å²) in [6.45, 7) is 1.75. The molecule has 6 aromatic rings. The molecule has 0 fully saturated rings. The average Bonchev–Trinajstić information content (AvgIpc) is 3.11. The molecule has 6 aromatic carbocycles. The molecule has 22 heteroatoms. The Morgan fingerprint density at radius 1 is 0.589 bits per heavy atom. The van der Waals surface area contributed by atoms with Crippen LogP contribution in [0.3, 0.4) is 0 Å². The van der Waals surface area contributed by atoms with Gasteiger partial charge < -0.3 is 25.3 Å². The van der Waals surface area contributed by atoms with Gasteiger partial charge in [-0.05, 0) is 55.0 Å². The molecule has 0 aromatic heterocycles. The summed E-state index contributed by atoms with van der Waals surface area (Å²) in [5.41, 5.74) is 13.1. The average molecular weight is 814 g/mol. The number of nitrogen functional groups attached to an aromatic ring is 2. The van der Waals surface area contributed by atoms with Crippen molar-refractivity contribution in [3.8, 4) is 5.75 Å². The first-order valence-corrected chi connectivity index (χ1v) is 18.1. The number of anilines is 2. The van der Waals surface area contributed by atoms with E-state index in [0.717, 1.165) is 30.3 Å². The summed E-state index contributed by atoms with van der Waals surface area (Å²) in [5.74, 6) is 0.268. The molecular formula is C34H25N9Na2O9S2. The number of fused-ring (bicyclic) bond motifs is 2. The molecule has 0 bridgehead atoms. The van der Waals surface area contributed by atoms with Crippen LogP contribution in [-0.4, -0.2) is 38.0 Å². The number of hydrogen-bond acceptors (Lipinski definition) is 17. The van der Waals surface area contributed by atoms with Crippen molar-refractivity contribution in [2.75, 3.05) is 18.6 Å². The Balaban J connectivity index is 0.00000348. The Hall–Kier alpha value is -4.74. The van der Waals surface area contributed by atoms with Crippen molar-refractivity contribution in [1.82, 2.24) is 0 Å². The van der Waals surface area contributed by atoms with Crippen molar-refractivity contribution >= 4 is 93.0 Å². The summed E-state index contributed by atoms with van der Waals surface area (Å²) >= 11 is 0. The van der Waals surface area contributed by atoms with Crippen LogP contribution < -0.4 is 75.3 Å². The van der Waals surface area contributed by atoms with Crippen LogP contribution in [-0.2, 0) is 20.2 Å². The minimum Gasteiger partial charge on any atom is -0.744 e. The smallest absolute Gasteiger partial charge is 0.744 e. The molecule has 0 spiro atoms. The van der Waals surface area contributed by atoms with Gasteiger partial charge in [-0.1, -0.05) is 36.4 Å². The molecule has 0 amide bonds. The van der Waals surface area contributed by atoms with Crippen molar-refractivity contribution in [3.63, 3.8) is 0 Å². The van der Waals surface area contributed by atoms with Gasteiger partial charge in [-0.2, -0.15) is 10.2 Å². The molecule has 0 heterocycles. The minimum atomic E-state index is -5.12. The minimum absolute atomic E-state index is 0. The normalized spacial score (nSPS) is 12.0. The van der Waals surface area contributed by atoms with Gasteiger partial charge in [0.2, 0.25) is 0 Å². The topological polar surface area (TPSA) is 293 Å². The molecule has 0 saturated carbocycles. The Morgan fingerprint density at radius 3 is 1.73 bits per heavy atom. The molecule has 6 rings (SSSR count). The van der Waals surface area contributed by atoms with Crippen LogP contribution in [0.1, 0.15) is 5.56 Å². The molecule has 0 radical (unpaired) electrons. The van der Waals surface area contributed by atoms with Gasteiger partial charge in [-0.3, -0.25) is 10.1 Å². The number of ether oxygens (including phenoxy) is 1. The third-order valence-corrected chi connectivity index (χ3v) is 9.76. The second kappa shape index (κ2) is 17.6. The number of nitro benzene ring substituents is 1. The fraction of sp³-hybridized carbons (Fsp3) is 0.0588. The Labute approximate surface area is 363 Å². The number of benzene rings is 6. The van der Waals surface area contributed by atoms with Crippen LogP contribution in [0.2, 0.25) is 0 Å². The number of nitrogens with two attached hydrogens (primary N) is 2. The summed E-state index contributed by atoms with van der Waals surface area (Å²) in [5, 5.41) is 37.3. The number of hydrogen-bond donors (Lipinski definition) is 2. The van der Waals surface area contributed by atoms with Gasteiger partial charge in [0.15, 0.2) is 0 Å². The quantitative estimate of drug-likeness (QED) is 0.0506. The molecule has 0 saturated heterocycles. The summed E-state index contributed by atoms with van der Waals surface area (Å²) in [6, 6.07) is 21.2. The van der Waals surface area contributed by atoms with E-state index >= 15 is 0 Å². The van der Waals surface area contributed by atoms with Gasteiger partial charge in [0, 0.05) is 33.7 Å². The van der Waals surface area contributed by atoms with Gasteiger partial charge >= 0.3 is 59.1 Å². The molecule has 18 nitrogen and oxygen atoms in total. The van der Waals surface area contributed by atoms with E-state index in [0.29, 0.717) is 33.4 Å². The molecule has 0 unspecified atom stereocenters. The van der Waals surface area contributed by atoms with E-state index in [-0.39, 0.29) is 110 Å². The van der Waals surface area contributed by atoms with E-state index in [2.05, 4.69) is 30.7 Å². The van der Waals surface area contributed by atoms with E-state index in [4.69, 9.17) is 16.2 Å². The number of nitrogens with zero attached hydrogens (tertiary/aromatic N) is 7. The second-order valence-corrected chi connectivity index (χ2v) is 14.2. The van der Waals surface area contributed by atoms with E-state index in [1.54, 1.807) is 55.5 Å². The van der Waals surface area contributed by atoms with E-state index < -0.39 is 35.0 Å². The molecule has 0 aliphatic carbocycles. The first-order chi connectivity index (χ1) is 25.5. The van der Waals surface area contributed by atoms with Gasteiger partial charge in [0.1, 0.15) is 43.0 Å². The number of rotatable bonds is 10. The maximum atomic E-state index is 12.1. The zero-order valence-electron chi connectivity index (χ0n) is 29.9. The SMILES string of the molecule is COc1cc(N=Nc2ccc(N=Nc3cc(S(=O)(=O)[O-])c4cccc(S(=O)(=O)[O-])c4c3)c3ccccc23)c(C)cc1N=Nc1cc([N+](=O)[O-])c(N)cc1N.[Na+].[Na+]. The van der Waals surface area contributed by atoms with Crippen molar-refractivity contribution in [2.45, 2.75) is 16.7 Å². The Kier molecular flexibility index (Phi) is 13.8. The second-order valence-electron chi connectivity index (χ2n) is 11.5. The van der Waals surface area contributed by atoms with Gasteiger partial charge in [-0.25, -0.2) is 16.8 Å². The van der Waals surface area contributed by atoms with Crippen LogP contribution >= 0.6 is 0 Å². The molecular weight excluding hydrogens is 789 g/mol. The van der Waals surface area contributed by atoms with Crippen molar-refractivity contribution < 1.29 is 94.7 Å². The van der Waals surface area contributed by atoms with Gasteiger partial charge in [-0.15, -0.1) is 20.5 Å². The van der Waals surface area contributed by atoms with Crippen molar-refractivity contribution in [2.24, 2.45) is 30.7 Å². The fourth-order valence-corrected chi connectivity index (χ4v) is 6.82. The van der Waals surface area contributed by atoms with Crippen molar-refractivity contribution in [1.29, 1.82) is 0 Å². The van der Waals surface area contributed by atoms with Crippen LogP contribution in [0.5, 0.6) is 5.75 Å². The van der Waals surface area contributed by atoms with Gasteiger partial charge in [0.25, 0.3) is 5.69 Å². The van der Waals surface area contributed by atoms with E-state index in [1.807, 2.05) is 0 Å². The fourth-order valence-electron chi connectivity index (χ4n) is 5.43. The summed E-state index contributed by atoms with van der Waals surface area (Å²) < 4.78 is 77.5. The third kappa shape index (κ3) is 9.44. The molecule has 274 valence electrons. The van der Waals surface area contributed by atoms with E-state index in [1.165, 1.54) is 19.2 Å². The molecule has 0 atom stereocenters. The Bertz CT molecular complexity index is 2860. The van der Waals surface area contributed by atoms with Crippen LogP contribution in [0.4, 0.5) is 51.2 Å². The monoisotopic (exact) mass is 813 g/mol. The largest absolute Gasteiger partial charge is 1.00 e. The first-order valence-electron chi connectivity index (χ1n) is 15.3. The zero-order valence-corrected chi connectivity index (χ0v) is 35.6. The summed E-state index contributed by atoms with van der Waals surface area (Å²) in [6.07, 6.45) is 0. The Morgan fingerprint density at radius 2 is 1.14 bits per heavy atom. The summed E-state index contributed by atoms with van der Waals surface area (Å²) in [7, 11) is -8.75. The predicted molar refractivity (Wildman–Crippen MR) is 196 cm³/mol. The predicted octanol–water partition coefficient (Wildman–Crippen LogP) is 2.45. The van der Waals surface area contributed by atoms with Crippen LogP contribution in [0.15, 0.2) is 131 Å². The van der Waals surface area contributed by atoms with Crippen LogP contribution in [0.25, 0.3) is 21.5 Å². The molecule has 56 heavy (non-hydrogen) atoms. The number of nitro groups is 1. The molecule has 0 aliphatic heterocycles. The zero-order chi connectivity index (χ0) is 38.9. The number of methoxy groups -OCH3 is 1. The maximum absolute atomic E-state index is 12.1. The first kappa shape index (κ1) is 44.0. The van der Waals surface area contributed by atoms with E-state index in [9.17, 15) is 36.1 Å². The van der Waals surface area contributed by atoms with Crippen LogP contribution in [0, 0.1) is 17.0 Å². The summed E-state index contributed by atoms with van der Waals surface area (Å²) in [4.78, 5) is 9.17.